The molecule has 0 saturated carbocycles. The van der Waals surface area contributed by atoms with Crippen LogP contribution < -0.4 is 15.4 Å². The largest absolute Gasteiger partial charge is 0.490 e. The Balaban J connectivity index is 0.00000144. The van der Waals surface area contributed by atoms with Gasteiger partial charge < -0.3 is 20.5 Å². The summed E-state index contributed by atoms with van der Waals surface area (Å²) in [6.45, 7) is 1.65. The lowest BCUT2D eigenvalue weighted by Gasteiger charge is -2.28. The summed E-state index contributed by atoms with van der Waals surface area (Å²) in [5, 5.41) is 8.91. The molecule has 0 spiro atoms. The van der Waals surface area contributed by atoms with Crippen molar-refractivity contribution in [2.75, 3.05) is 31.7 Å². The molecule has 1 atom stereocenters. The van der Waals surface area contributed by atoms with Crippen LogP contribution in [0, 0.1) is 0 Å². The smallest absolute Gasteiger partial charge is 0.142 e. The van der Waals surface area contributed by atoms with E-state index < -0.39 is 0 Å². The number of fused-ring (bicyclic) bond motifs is 1. The normalized spacial score (nSPS) is 15.6. The Morgan fingerprint density at radius 1 is 1.53 bits per heavy atom. The molecule has 0 aromatic heterocycles. The molecule has 0 fully saturated rings. The third-order valence-electron chi connectivity index (χ3n) is 2.85. The van der Waals surface area contributed by atoms with E-state index in [1.54, 1.807) is 0 Å². The number of hydrogen-bond donors (Lipinski definition) is 2. The minimum atomic E-state index is -0.195. The van der Waals surface area contributed by atoms with E-state index in [-0.39, 0.29) is 25.1 Å². The van der Waals surface area contributed by atoms with E-state index in [2.05, 4.69) is 11.9 Å². The molecule has 5 heteroatoms. The molecule has 4 nitrogen and oxygen atoms in total. The van der Waals surface area contributed by atoms with Crippen LogP contribution in [0.4, 0.5) is 5.69 Å². The summed E-state index contributed by atoms with van der Waals surface area (Å²) in [5.74, 6) is 0.913. The fourth-order valence-corrected chi connectivity index (χ4v) is 1.90. The first-order valence-corrected chi connectivity index (χ1v) is 5.54. The maximum Gasteiger partial charge on any atom is 0.142 e. The molecular formula is C12H19ClN2O2. The molecule has 1 aromatic carbocycles. The molecule has 0 aliphatic carbocycles. The van der Waals surface area contributed by atoms with E-state index in [0.29, 0.717) is 6.42 Å². The first-order chi connectivity index (χ1) is 7.70. The molecule has 96 valence electrons. The lowest BCUT2D eigenvalue weighted by atomic mass is 10.1. The Labute approximate surface area is 108 Å². The molecule has 1 aliphatic heterocycles. The highest BCUT2D eigenvalue weighted by Gasteiger charge is 2.15. The molecule has 1 unspecified atom stereocenters. The number of anilines is 1. The fourth-order valence-electron chi connectivity index (χ4n) is 1.90. The van der Waals surface area contributed by atoms with Crippen molar-refractivity contribution in [3.8, 4) is 5.75 Å². The average molecular weight is 259 g/mol. The van der Waals surface area contributed by atoms with Crippen molar-refractivity contribution in [1.82, 2.24) is 0 Å². The van der Waals surface area contributed by atoms with Gasteiger partial charge in [-0.2, -0.15) is 0 Å². The maximum atomic E-state index is 8.91. The first kappa shape index (κ1) is 14.1. The van der Waals surface area contributed by atoms with Gasteiger partial charge in [0.05, 0.1) is 18.8 Å². The molecular weight excluding hydrogens is 240 g/mol. The van der Waals surface area contributed by atoms with E-state index in [1.807, 2.05) is 18.2 Å². The quantitative estimate of drug-likeness (QED) is 0.842. The van der Waals surface area contributed by atoms with Gasteiger partial charge in [-0.25, -0.2) is 0 Å². The fraction of sp³-hybridized carbons (Fsp3) is 0.500. The van der Waals surface area contributed by atoms with E-state index in [0.717, 1.165) is 30.2 Å². The summed E-state index contributed by atoms with van der Waals surface area (Å²) < 4.78 is 5.60. The molecule has 0 saturated heterocycles. The Bertz CT molecular complexity index is 374. The second kappa shape index (κ2) is 6.10. The highest BCUT2D eigenvalue weighted by atomic mass is 35.5. The van der Waals surface area contributed by atoms with Crippen LogP contribution in [0.1, 0.15) is 5.56 Å². The van der Waals surface area contributed by atoms with Crippen LogP contribution in [0.2, 0.25) is 0 Å². The number of halogens is 1. The number of benzene rings is 1. The number of nitrogens with two attached hydrogens (primary N) is 1. The summed E-state index contributed by atoms with van der Waals surface area (Å²) >= 11 is 0. The summed E-state index contributed by atoms with van der Waals surface area (Å²) in [6, 6.07) is 5.91. The van der Waals surface area contributed by atoms with Crippen LogP contribution in [0.3, 0.4) is 0 Å². The highest BCUT2D eigenvalue weighted by Crippen LogP contribution is 2.31. The lowest BCUT2D eigenvalue weighted by molar-refractivity contribution is 0.265. The van der Waals surface area contributed by atoms with Gasteiger partial charge in [0.2, 0.25) is 0 Å². The monoisotopic (exact) mass is 258 g/mol. The van der Waals surface area contributed by atoms with Crippen molar-refractivity contribution in [3.05, 3.63) is 23.8 Å². The number of nitrogens with zero attached hydrogens (tertiary/aromatic N) is 1. The number of ether oxygens (including phenoxy) is 1. The molecule has 0 bridgehead atoms. The van der Waals surface area contributed by atoms with Crippen LogP contribution in [0.5, 0.6) is 5.75 Å². The number of rotatable bonds is 3. The van der Waals surface area contributed by atoms with Gasteiger partial charge in [0.15, 0.2) is 0 Å². The zero-order valence-corrected chi connectivity index (χ0v) is 10.7. The number of likely N-dealkylation sites (N-methyl/N-ethyl adjacent to an activating group) is 1. The van der Waals surface area contributed by atoms with Gasteiger partial charge in [0.1, 0.15) is 12.4 Å². The minimum Gasteiger partial charge on any atom is -0.490 e. The van der Waals surface area contributed by atoms with Gasteiger partial charge in [0.25, 0.3) is 0 Å². The van der Waals surface area contributed by atoms with Gasteiger partial charge >= 0.3 is 0 Å². The summed E-state index contributed by atoms with van der Waals surface area (Å²) in [7, 11) is 2.06. The zero-order chi connectivity index (χ0) is 11.5. The Morgan fingerprint density at radius 3 is 3.00 bits per heavy atom. The second-order valence-electron chi connectivity index (χ2n) is 4.22. The molecule has 1 heterocycles. The highest BCUT2D eigenvalue weighted by molar-refractivity contribution is 5.85. The molecule has 17 heavy (non-hydrogen) atoms. The average Bonchev–Trinajstić information content (AvgIpc) is 2.29. The summed E-state index contributed by atoms with van der Waals surface area (Å²) in [4.78, 5) is 2.18. The van der Waals surface area contributed by atoms with Crippen molar-refractivity contribution >= 4 is 18.1 Å². The van der Waals surface area contributed by atoms with Crippen molar-refractivity contribution in [1.29, 1.82) is 0 Å². The second-order valence-corrected chi connectivity index (χ2v) is 4.22. The van der Waals surface area contributed by atoms with Crippen molar-refractivity contribution in [2.45, 2.75) is 12.5 Å². The van der Waals surface area contributed by atoms with Crippen LogP contribution in [0.15, 0.2) is 18.2 Å². The lowest BCUT2D eigenvalue weighted by Crippen LogP contribution is -2.29. The Kier molecular flexibility index (Phi) is 5.05. The number of aliphatic hydroxyl groups excluding tert-OH is 1. The van der Waals surface area contributed by atoms with Crippen LogP contribution in [-0.2, 0) is 6.42 Å². The van der Waals surface area contributed by atoms with Gasteiger partial charge in [0, 0.05) is 13.1 Å². The third kappa shape index (κ3) is 3.25. The third-order valence-corrected chi connectivity index (χ3v) is 2.85. The Hall–Kier alpha value is -0.970. The van der Waals surface area contributed by atoms with Crippen LogP contribution in [-0.4, -0.2) is 38.0 Å². The van der Waals surface area contributed by atoms with E-state index in [9.17, 15) is 0 Å². The van der Waals surface area contributed by atoms with Crippen LogP contribution >= 0.6 is 12.4 Å². The maximum absolute atomic E-state index is 8.91. The predicted molar refractivity (Wildman–Crippen MR) is 71.2 cm³/mol. The van der Waals surface area contributed by atoms with Crippen molar-refractivity contribution in [3.63, 3.8) is 0 Å². The van der Waals surface area contributed by atoms with Gasteiger partial charge in [-0.15, -0.1) is 12.4 Å². The van der Waals surface area contributed by atoms with E-state index >= 15 is 0 Å². The predicted octanol–water partition coefficient (Wildman–Crippen LogP) is 0.799. The van der Waals surface area contributed by atoms with Crippen LogP contribution in [0.25, 0.3) is 0 Å². The summed E-state index contributed by atoms with van der Waals surface area (Å²) in [5.41, 5.74) is 7.93. The zero-order valence-electron chi connectivity index (χ0n) is 9.93. The molecule has 2 rings (SSSR count). The molecule has 0 amide bonds. The van der Waals surface area contributed by atoms with Crippen molar-refractivity contribution in [2.24, 2.45) is 5.73 Å². The van der Waals surface area contributed by atoms with Gasteiger partial charge in [-0.05, 0) is 24.1 Å². The molecule has 1 aromatic rings. The first-order valence-electron chi connectivity index (χ1n) is 5.54. The van der Waals surface area contributed by atoms with Gasteiger partial charge in [-0.1, -0.05) is 6.07 Å². The van der Waals surface area contributed by atoms with Gasteiger partial charge in [-0.3, -0.25) is 0 Å². The van der Waals surface area contributed by atoms with E-state index in [1.165, 1.54) is 0 Å². The standard InChI is InChI=1S/C12H18N2O2.ClH/c1-14-4-5-16-12-7-9(2-3-11(12)14)6-10(13)8-15;/h2-3,7,10,15H,4-6,8,13H2,1H3;1H. The SMILES string of the molecule is CN1CCOc2cc(CC(N)CO)ccc21.Cl. The number of hydrogen-bond acceptors (Lipinski definition) is 4. The molecule has 0 radical (unpaired) electrons. The summed E-state index contributed by atoms with van der Waals surface area (Å²) in [6.07, 6.45) is 0.677. The number of aliphatic hydroxyl groups is 1. The Morgan fingerprint density at radius 2 is 2.29 bits per heavy atom. The van der Waals surface area contributed by atoms with E-state index in [4.69, 9.17) is 15.6 Å². The molecule has 3 N–H and O–H groups in total. The minimum absolute atomic E-state index is 0. The van der Waals surface area contributed by atoms with Crippen molar-refractivity contribution < 1.29 is 9.84 Å². The topological polar surface area (TPSA) is 58.7 Å². The molecule has 1 aliphatic rings.